The average Bonchev–Trinajstić information content (AvgIpc) is 2.93. The predicted molar refractivity (Wildman–Crippen MR) is 92.5 cm³/mol. The number of hydrogen-bond donors (Lipinski definition) is 0. The second kappa shape index (κ2) is 5.99. The molecule has 23 heavy (non-hydrogen) atoms. The summed E-state index contributed by atoms with van der Waals surface area (Å²) in [6.45, 7) is 10.5. The Kier molecular flexibility index (Phi) is 4.03. The lowest BCUT2D eigenvalue weighted by Gasteiger charge is -2.32. The van der Waals surface area contributed by atoms with Gasteiger partial charge in [-0.3, -0.25) is 0 Å². The fourth-order valence-corrected chi connectivity index (χ4v) is 2.73. The summed E-state index contributed by atoms with van der Waals surface area (Å²) in [7, 11) is 0. The van der Waals surface area contributed by atoms with Gasteiger partial charge in [-0.1, -0.05) is 51.1 Å². The van der Waals surface area contributed by atoms with E-state index in [2.05, 4.69) is 71.1 Å². The van der Waals surface area contributed by atoms with Crippen LogP contribution in [0, 0.1) is 12.3 Å². The van der Waals surface area contributed by atoms with E-state index in [4.69, 9.17) is 0 Å². The molecule has 0 amide bonds. The fraction of sp³-hybridized carbons (Fsp3) is 0.389. The molecule has 3 aromatic rings. The van der Waals surface area contributed by atoms with E-state index in [1.807, 2.05) is 17.5 Å². The molecule has 0 radical (unpaired) electrons. The van der Waals surface area contributed by atoms with E-state index >= 15 is 0 Å². The number of nitrogens with zero attached hydrogens (tertiary/aromatic N) is 5. The first kappa shape index (κ1) is 15.5. The third-order valence-electron chi connectivity index (χ3n) is 3.57. The van der Waals surface area contributed by atoms with Crippen LogP contribution in [0.2, 0.25) is 0 Å². The second-order valence-electron chi connectivity index (χ2n) is 7.13. The maximum atomic E-state index is 4.44. The molecule has 0 atom stereocenters. The summed E-state index contributed by atoms with van der Waals surface area (Å²) >= 11 is 0. The van der Waals surface area contributed by atoms with Crippen LogP contribution < -0.4 is 4.90 Å². The molecule has 2 aromatic heterocycles. The molecule has 2 heterocycles. The van der Waals surface area contributed by atoms with Crippen LogP contribution in [0.4, 0.5) is 5.82 Å². The predicted octanol–water partition coefficient (Wildman–Crippen LogP) is 3.49. The largest absolute Gasteiger partial charge is 0.352 e. The highest BCUT2D eigenvalue weighted by atomic mass is 15.4. The van der Waals surface area contributed by atoms with Gasteiger partial charge in [0.1, 0.15) is 12.1 Å². The molecule has 0 saturated heterocycles. The van der Waals surface area contributed by atoms with Gasteiger partial charge in [-0.2, -0.15) is 14.6 Å². The van der Waals surface area contributed by atoms with Gasteiger partial charge in [0.25, 0.3) is 5.78 Å². The molecule has 120 valence electrons. The van der Waals surface area contributed by atoms with Crippen LogP contribution in [0.5, 0.6) is 0 Å². The third-order valence-corrected chi connectivity index (χ3v) is 3.57. The van der Waals surface area contributed by atoms with E-state index in [0.717, 1.165) is 24.6 Å². The number of aromatic nitrogens is 4. The van der Waals surface area contributed by atoms with Gasteiger partial charge in [-0.15, -0.1) is 0 Å². The third kappa shape index (κ3) is 3.67. The number of rotatable bonds is 4. The molecule has 0 aliphatic heterocycles. The molecular formula is C18H23N5. The number of hydrogen-bond acceptors (Lipinski definition) is 4. The van der Waals surface area contributed by atoms with Gasteiger partial charge < -0.3 is 4.90 Å². The van der Waals surface area contributed by atoms with Crippen molar-refractivity contribution >= 4 is 11.6 Å². The SMILES string of the molecule is Cc1cc(N(Cc2ccccc2)CC(C)(C)C)n2ncnc2n1. The first-order chi connectivity index (χ1) is 10.9. The Hall–Kier alpha value is -2.43. The van der Waals surface area contributed by atoms with Crippen LogP contribution in [0.15, 0.2) is 42.7 Å². The highest BCUT2D eigenvalue weighted by molar-refractivity contribution is 5.48. The van der Waals surface area contributed by atoms with Gasteiger partial charge >= 0.3 is 0 Å². The van der Waals surface area contributed by atoms with E-state index < -0.39 is 0 Å². The molecule has 0 aliphatic carbocycles. The Labute approximate surface area is 137 Å². The maximum Gasteiger partial charge on any atom is 0.254 e. The van der Waals surface area contributed by atoms with Crippen molar-refractivity contribution in [3.8, 4) is 0 Å². The van der Waals surface area contributed by atoms with Crippen molar-refractivity contribution in [3.63, 3.8) is 0 Å². The molecule has 0 unspecified atom stereocenters. The van der Waals surface area contributed by atoms with Gasteiger partial charge in [0, 0.05) is 24.8 Å². The van der Waals surface area contributed by atoms with Crippen molar-refractivity contribution in [2.75, 3.05) is 11.4 Å². The van der Waals surface area contributed by atoms with Gasteiger partial charge in [0.15, 0.2) is 0 Å². The van der Waals surface area contributed by atoms with Gasteiger partial charge in [0.05, 0.1) is 0 Å². The van der Waals surface area contributed by atoms with Crippen molar-refractivity contribution in [2.45, 2.75) is 34.2 Å². The quantitative estimate of drug-likeness (QED) is 0.740. The topological polar surface area (TPSA) is 46.3 Å². The van der Waals surface area contributed by atoms with Crippen molar-refractivity contribution in [3.05, 3.63) is 54.0 Å². The van der Waals surface area contributed by atoms with Gasteiger partial charge in [-0.25, -0.2) is 4.98 Å². The van der Waals surface area contributed by atoms with Crippen LogP contribution >= 0.6 is 0 Å². The molecule has 3 rings (SSSR count). The van der Waals surface area contributed by atoms with Gasteiger partial charge in [0.2, 0.25) is 0 Å². The lowest BCUT2D eigenvalue weighted by molar-refractivity contribution is 0.406. The Morgan fingerprint density at radius 3 is 2.57 bits per heavy atom. The summed E-state index contributed by atoms with van der Waals surface area (Å²) in [4.78, 5) is 11.0. The number of aryl methyl sites for hydroxylation is 1. The Balaban J connectivity index is 2.04. The van der Waals surface area contributed by atoms with Crippen LogP contribution in [0.25, 0.3) is 5.78 Å². The number of anilines is 1. The molecule has 0 spiro atoms. The Morgan fingerprint density at radius 1 is 1.13 bits per heavy atom. The van der Waals surface area contributed by atoms with Crippen LogP contribution in [0.1, 0.15) is 32.0 Å². The van der Waals surface area contributed by atoms with Crippen molar-refractivity contribution in [1.82, 2.24) is 19.6 Å². The summed E-state index contributed by atoms with van der Waals surface area (Å²) in [5, 5.41) is 4.35. The highest BCUT2D eigenvalue weighted by Crippen LogP contribution is 2.24. The highest BCUT2D eigenvalue weighted by Gasteiger charge is 2.20. The number of fused-ring (bicyclic) bond motifs is 1. The average molecular weight is 309 g/mol. The molecule has 0 fully saturated rings. The first-order valence-electron chi connectivity index (χ1n) is 7.89. The molecule has 0 bridgehead atoms. The fourth-order valence-electron chi connectivity index (χ4n) is 2.73. The molecule has 5 heteroatoms. The van der Waals surface area contributed by atoms with E-state index in [0.29, 0.717) is 5.78 Å². The Morgan fingerprint density at radius 2 is 1.87 bits per heavy atom. The minimum atomic E-state index is 0.166. The molecule has 0 aliphatic rings. The zero-order valence-corrected chi connectivity index (χ0v) is 14.2. The minimum absolute atomic E-state index is 0.166. The zero-order chi connectivity index (χ0) is 16.4. The smallest absolute Gasteiger partial charge is 0.254 e. The summed E-state index contributed by atoms with van der Waals surface area (Å²) < 4.78 is 1.82. The summed E-state index contributed by atoms with van der Waals surface area (Å²) in [5.74, 6) is 1.68. The molecule has 0 saturated carbocycles. The zero-order valence-electron chi connectivity index (χ0n) is 14.2. The van der Waals surface area contributed by atoms with E-state index in [1.165, 1.54) is 5.56 Å². The van der Waals surface area contributed by atoms with Crippen LogP contribution in [0.3, 0.4) is 0 Å². The van der Waals surface area contributed by atoms with Crippen LogP contribution in [-0.2, 0) is 6.54 Å². The Bertz CT molecular complexity index is 786. The summed E-state index contributed by atoms with van der Waals surface area (Å²) in [6.07, 6.45) is 1.56. The monoisotopic (exact) mass is 309 g/mol. The lowest BCUT2D eigenvalue weighted by Crippen LogP contribution is -2.34. The summed E-state index contributed by atoms with van der Waals surface area (Å²) in [6, 6.07) is 12.6. The number of benzene rings is 1. The van der Waals surface area contributed by atoms with E-state index in [-0.39, 0.29) is 5.41 Å². The molecule has 1 aromatic carbocycles. The summed E-state index contributed by atoms with van der Waals surface area (Å²) in [5.41, 5.74) is 2.39. The van der Waals surface area contributed by atoms with E-state index in [1.54, 1.807) is 6.33 Å². The normalized spacial score (nSPS) is 11.8. The van der Waals surface area contributed by atoms with E-state index in [9.17, 15) is 0 Å². The maximum absolute atomic E-state index is 4.44. The lowest BCUT2D eigenvalue weighted by atomic mass is 9.95. The molecule has 5 nitrogen and oxygen atoms in total. The second-order valence-corrected chi connectivity index (χ2v) is 7.13. The van der Waals surface area contributed by atoms with Crippen molar-refractivity contribution in [2.24, 2.45) is 5.41 Å². The standard InChI is InChI=1S/C18H23N5/c1-14-10-16(23-17(21-14)19-13-20-23)22(12-18(2,3)4)11-15-8-6-5-7-9-15/h5-10,13H,11-12H2,1-4H3. The van der Waals surface area contributed by atoms with Crippen LogP contribution in [-0.4, -0.2) is 26.1 Å². The van der Waals surface area contributed by atoms with Crippen molar-refractivity contribution in [1.29, 1.82) is 0 Å². The van der Waals surface area contributed by atoms with Crippen molar-refractivity contribution < 1.29 is 0 Å². The molecule has 0 N–H and O–H groups in total. The van der Waals surface area contributed by atoms with Gasteiger partial charge in [-0.05, 0) is 17.9 Å². The minimum Gasteiger partial charge on any atom is -0.352 e. The first-order valence-corrected chi connectivity index (χ1v) is 7.89. The molecular weight excluding hydrogens is 286 g/mol.